The molecule has 0 aromatic heterocycles. The smallest absolute Gasteiger partial charge is 0.310 e. The predicted molar refractivity (Wildman–Crippen MR) is 73.7 cm³/mol. The van der Waals surface area contributed by atoms with Gasteiger partial charge in [-0.15, -0.1) is 0 Å². The van der Waals surface area contributed by atoms with Crippen LogP contribution in [0.4, 0.5) is 0 Å². The van der Waals surface area contributed by atoms with Crippen molar-refractivity contribution in [3.05, 3.63) is 12.3 Å². The normalized spacial score (nSPS) is 10.2. The van der Waals surface area contributed by atoms with Crippen molar-refractivity contribution < 1.29 is 24.9 Å². The van der Waals surface area contributed by atoms with Crippen molar-refractivity contribution in [2.24, 2.45) is 0 Å². The second kappa shape index (κ2) is 14.7. The van der Waals surface area contributed by atoms with Crippen molar-refractivity contribution in [1.29, 1.82) is 0 Å². The van der Waals surface area contributed by atoms with Crippen LogP contribution in [0.2, 0.25) is 0 Å². The topological polar surface area (TPSA) is 95.1 Å². The summed E-state index contributed by atoms with van der Waals surface area (Å²) >= 11 is 0. The van der Waals surface area contributed by atoms with Gasteiger partial charge in [-0.2, -0.15) is 0 Å². The van der Waals surface area contributed by atoms with Gasteiger partial charge in [0.25, 0.3) is 0 Å². The lowest BCUT2D eigenvalue weighted by atomic mass is 10.1. The molecule has 0 aromatic carbocycles. The number of hydrogen-bond donors (Lipinski definition) is 1. The molecule has 3 N–H and O–H groups in total. The summed E-state index contributed by atoms with van der Waals surface area (Å²) in [6.45, 7) is 1.98. The van der Waals surface area contributed by atoms with Crippen molar-refractivity contribution in [3.63, 3.8) is 0 Å². The number of allylic oxidation sites excluding steroid dienone is 1. The van der Waals surface area contributed by atoms with E-state index in [1.54, 1.807) is 6.08 Å². The largest absolute Gasteiger partial charge is 0.481 e. The summed E-state index contributed by atoms with van der Waals surface area (Å²) in [7, 11) is 0. The Bertz CT molecular complexity index is 261. The summed E-state index contributed by atoms with van der Waals surface area (Å²) in [5.41, 5.74) is 0. The van der Waals surface area contributed by atoms with Crippen molar-refractivity contribution in [3.8, 4) is 0 Å². The molecule has 0 heterocycles. The molecular formula is C14H26O5. The van der Waals surface area contributed by atoms with Crippen LogP contribution in [-0.4, -0.2) is 22.5 Å². The second-order valence-electron chi connectivity index (χ2n) is 4.28. The first kappa shape index (κ1) is 20.0. The van der Waals surface area contributed by atoms with Gasteiger partial charge in [-0.1, -0.05) is 32.6 Å². The van der Waals surface area contributed by atoms with E-state index >= 15 is 0 Å². The summed E-state index contributed by atoms with van der Waals surface area (Å²) in [6, 6.07) is 0. The van der Waals surface area contributed by atoms with Crippen LogP contribution in [0, 0.1) is 0 Å². The van der Waals surface area contributed by atoms with Crippen molar-refractivity contribution in [1.82, 2.24) is 0 Å². The standard InChI is InChI=1S/C14H24O4.H2O/c1-2-3-12-18-14(17)11-9-7-5-4-6-8-10-13(15)16;/h3,12H,2,4-11H2,1H3,(H,15,16);1H2. The van der Waals surface area contributed by atoms with Gasteiger partial charge in [-0.25, -0.2) is 0 Å². The number of aliphatic carboxylic acids is 1. The molecule has 0 fully saturated rings. The molecule has 0 radical (unpaired) electrons. The Hall–Kier alpha value is -1.36. The van der Waals surface area contributed by atoms with Crippen molar-refractivity contribution >= 4 is 11.9 Å². The average molecular weight is 274 g/mol. The van der Waals surface area contributed by atoms with Gasteiger partial charge >= 0.3 is 11.9 Å². The van der Waals surface area contributed by atoms with Crippen LogP contribution >= 0.6 is 0 Å². The molecule has 0 aliphatic rings. The number of esters is 1. The molecule has 0 amide bonds. The van der Waals surface area contributed by atoms with Gasteiger partial charge in [0, 0.05) is 12.8 Å². The summed E-state index contributed by atoms with van der Waals surface area (Å²) < 4.78 is 4.87. The molecule has 0 unspecified atom stereocenters. The number of ether oxygens (including phenoxy) is 1. The van der Waals surface area contributed by atoms with Gasteiger partial charge in [-0.05, 0) is 25.3 Å². The number of carbonyl (C=O) groups excluding carboxylic acids is 1. The first-order chi connectivity index (χ1) is 8.66. The van der Waals surface area contributed by atoms with Gasteiger partial charge in [0.2, 0.25) is 0 Å². The summed E-state index contributed by atoms with van der Waals surface area (Å²) in [4.78, 5) is 21.4. The molecule has 5 nitrogen and oxygen atoms in total. The third-order valence-corrected chi connectivity index (χ3v) is 2.55. The van der Waals surface area contributed by atoms with E-state index in [4.69, 9.17) is 9.84 Å². The van der Waals surface area contributed by atoms with E-state index in [2.05, 4.69) is 0 Å². The van der Waals surface area contributed by atoms with E-state index in [1.165, 1.54) is 6.26 Å². The number of carbonyl (C=O) groups is 2. The Morgan fingerprint density at radius 1 is 1.00 bits per heavy atom. The first-order valence-electron chi connectivity index (χ1n) is 6.73. The number of carboxylic acids is 1. The van der Waals surface area contributed by atoms with Crippen LogP contribution in [0.25, 0.3) is 0 Å². The monoisotopic (exact) mass is 274 g/mol. The zero-order valence-electron chi connectivity index (χ0n) is 11.7. The molecule has 0 saturated heterocycles. The third-order valence-electron chi connectivity index (χ3n) is 2.55. The molecule has 19 heavy (non-hydrogen) atoms. The lowest BCUT2D eigenvalue weighted by Crippen LogP contribution is -1.98. The maximum absolute atomic E-state index is 11.2. The Balaban J connectivity index is 0. The molecule has 0 bridgehead atoms. The van der Waals surface area contributed by atoms with E-state index in [9.17, 15) is 9.59 Å². The summed E-state index contributed by atoms with van der Waals surface area (Å²) in [6.07, 6.45) is 10.5. The maximum Gasteiger partial charge on any atom is 0.310 e. The fourth-order valence-corrected chi connectivity index (χ4v) is 1.53. The zero-order valence-corrected chi connectivity index (χ0v) is 11.7. The molecule has 0 saturated carbocycles. The van der Waals surface area contributed by atoms with Crippen LogP contribution < -0.4 is 0 Å². The van der Waals surface area contributed by atoms with E-state index in [0.29, 0.717) is 6.42 Å². The molecule has 0 rings (SSSR count). The second-order valence-corrected chi connectivity index (χ2v) is 4.28. The Morgan fingerprint density at radius 2 is 1.53 bits per heavy atom. The molecule has 0 aromatic rings. The summed E-state index contributed by atoms with van der Waals surface area (Å²) in [5.74, 6) is -0.900. The van der Waals surface area contributed by atoms with Crippen molar-refractivity contribution in [2.75, 3.05) is 0 Å². The van der Waals surface area contributed by atoms with Gasteiger partial charge in [0.15, 0.2) is 0 Å². The Morgan fingerprint density at radius 3 is 2.05 bits per heavy atom. The first-order valence-corrected chi connectivity index (χ1v) is 6.73. The highest BCUT2D eigenvalue weighted by Crippen LogP contribution is 2.09. The van der Waals surface area contributed by atoms with Crippen LogP contribution in [0.3, 0.4) is 0 Å². The van der Waals surface area contributed by atoms with E-state index in [1.807, 2.05) is 6.92 Å². The van der Waals surface area contributed by atoms with Crippen molar-refractivity contribution in [2.45, 2.75) is 64.7 Å². The highest BCUT2D eigenvalue weighted by molar-refractivity contribution is 5.69. The predicted octanol–water partition coefficient (Wildman–Crippen LogP) is 2.83. The van der Waals surface area contributed by atoms with Gasteiger partial charge in [-0.3, -0.25) is 9.59 Å². The van der Waals surface area contributed by atoms with Crippen LogP contribution in [0.5, 0.6) is 0 Å². The van der Waals surface area contributed by atoms with E-state index < -0.39 is 5.97 Å². The minimum Gasteiger partial charge on any atom is -0.481 e. The zero-order chi connectivity index (χ0) is 13.6. The Labute approximate surface area is 115 Å². The van der Waals surface area contributed by atoms with E-state index in [-0.39, 0.29) is 17.9 Å². The average Bonchev–Trinajstić information content (AvgIpc) is 2.32. The third kappa shape index (κ3) is 16.6. The van der Waals surface area contributed by atoms with Crippen LogP contribution in [-0.2, 0) is 14.3 Å². The summed E-state index contributed by atoms with van der Waals surface area (Å²) in [5, 5.41) is 8.45. The molecule has 5 heteroatoms. The molecular weight excluding hydrogens is 248 g/mol. The maximum atomic E-state index is 11.2. The molecule has 0 spiro atoms. The molecule has 0 atom stereocenters. The highest BCUT2D eigenvalue weighted by atomic mass is 16.5. The SMILES string of the molecule is CCC=COC(=O)CCCCCCCCC(=O)O.O. The number of carboxylic acid groups (broad SMARTS) is 1. The Kier molecular flexibility index (Phi) is 15.4. The van der Waals surface area contributed by atoms with Gasteiger partial charge < -0.3 is 15.3 Å². The fourth-order valence-electron chi connectivity index (χ4n) is 1.53. The minimum absolute atomic E-state index is 0. The molecule has 112 valence electrons. The highest BCUT2D eigenvalue weighted by Gasteiger charge is 2.00. The quantitative estimate of drug-likeness (QED) is 0.356. The van der Waals surface area contributed by atoms with Gasteiger partial charge in [0.05, 0.1) is 6.26 Å². The van der Waals surface area contributed by atoms with E-state index in [0.717, 1.165) is 44.9 Å². The van der Waals surface area contributed by atoms with Crippen LogP contribution in [0.1, 0.15) is 64.7 Å². The number of hydrogen-bond acceptors (Lipinski definition) is 3. The molecule has 0 aliphatic carbocycles. The minimum atomic E-state index is -0.724. The molecule has 0 aliphatic heterocycles. The lowest BCUT2D eigenvalue weighted by molar-refractivity contribution is -0.138. The number of rotatable bonds is 11. The number of unbranched alkanes of at least 4 members (excludes halogenated alkanes) is 5. The van der Waals surface area contributed by atoms with Gasteiger partial charge in [0.1, 0.15) is 0 Å². The fraction of sp³-hybridized carbons (Fsp3) is 0.714. The van der Waals surface area contributed by atoms with Crippen LogP contribution in [0.15, 0.2) is 12.3 Å². The lowest BCUT2D eigenvalue weighted by Gasteiger charge is -2.01.